The third-order valence-electron chi connectivity index (χ3n) is 3.12. The number of carbonyl (C=O) groups is 1. The SMILES string of the molecule is CC(C)NCCCC(=O)c1cccc(OC2CC2)c1. The number of benzene rings is 1. The van der Waals surface area contributed by atoms with Crippen LogP contribution in [0.3, 0.4) is 0 Å². The van der Waals surface area contributed by atoms with Gasteiger partial charge in [-0.05, 0) is 37.9 Å². The molecule has 0 radical (unpaired) electrons. The molecule has 1 fully saturated rings. The third kappa shape index (κ3) is 5.03. The van der Waals surface area contributed by atoms with Crippen molar-refractivity contribution < 1.29 is 9.53 Å². The smallest absolute Gasteiger partial charge is 0.163 e. The molecule has 1 aromatic carbocycles. The number of ketones is 1. The number of ether oxygens (including phenoxy) is 1. The Labute approximate surface area is 115 Å². The first-order valence-electron chi connectivity index (χ1n) is 7.18. The van der Waals surface area contributed by atoms with Gasteiger partial charge in [0.1, 0.15) is 5.75 Å². The Morgan fingerprint density at radius 3 is 2.89 bits per heavy atom. The Balaban J connectivity index is 1.80. The maximum absolute atomic E-state index is 12.1. The molecule has 104 valence electrons. The molecule has 0 bridgehead atoms. The van der Waals surface area contributed by atoms with Crippen molar-refractivity contribution in [3.8, 4) is 5.75 Å². The van der Waals surface area contributed by atoms with Crippen LogP contribution in [0.25, 0.3) is 0 Å². The number of nitrogens with one attached hydrogen (secondary N) is 1. The van der Waals surface area contributed by atoms with E-state index in [0.29, 0.717) is 18.6 Å². The number of rotatable bonds is 8. The van der Waals surface area contributed by atoms with Gasteiger partial charge in [0.2, 0.25) is 0 Å². The Morgan fingerprint density at radius 2 is 2.21 bits per heavy atom. The highest BCUT2D eigenvalue weighted by Gasteiger charge is 2.23. The summed E-state index contributed by atoms with van der Waals surface area (Å²) < 4.78 is 5.71. The Morgan fingerprint density at radius 1 is 1.42 bits per heavy atom. The van der Waals surface area contributed by atoms with E-state index < -0.39 is 0 Å². The molecule has 0 aliphatic heterocycles. The predicted octanol–water partition coefficient (Wildman–Crippen LogP) is 3.19. The van der Waals surface area contributed by atoms with Crippen LogP contribution in [0.2, 0.25) is 0 Å². The number of Topliss-reactive ketones (excluding diaryl/α,β-unsaturated/α-hetero) is 1. The summed E-state index contributed by atoms with van der Waals surface area (Å²) in [5, 5.41) is 3.32. The van der Waals surface area contributed by atoms with Gasteiger partial charge in [0.25, 0.3) is 0 Å². The lowest BCUT2D eigenvalue weighted by atomic mass is 10.1. The highest BCUT2D eigenvalue weighted by atomic mass is 16.5. The van der Waals surface area contributed by atoms with Crippen LogP contribution in [-0.4, -0.2) is 24.5 Å². The lowest BCUT2D eigenvalue weighted by Gasteiger charge is -2.08. The molecular formula is C16H23NO2. The van der Waals surface area contributed by atoms with E-state index in [-0.39, 0.29) is 5.78 Å². The van der Waals surface area contributed by atoms with Crippen molar-refractivity contribution in [1.29, 1.82) is 0 Å². The van der Waals surface area contributed by atoms with Crippen molar-refractivity contribution in [2.45, 2.75) is 51.7 Å². The number of hydrogen-bond acceptors (Lipinski definition) is 3. The summed E-state index contributed by atoms with van der Waals surface area (Å²) in [6.45, 7) is 5.11. The average molecular weight is 261 g/mol. The molecule has 0 atom stereocenters. The molecule has 0 saturated heterocycles. The van der Waals surface area contributed by atoms with Crippen LogP contribution < -0.4 is 10.1 Å². The van der Waals surface area contributed by atoms with Crippen molar-refractivity contribution in [1.82, 2.24) is 5.32 Å². The van der Waals surface area contributed by atoms with E-state index in [9.17, 15) is 4.79 Å². The molecule has 1 N–H and O–H groups in total. The lowest BCUT2D eigenvalue weighted by Crippen LogP contribution is -2.24. The Kier molecular flexibility index (Phi) is 4.97. The fraction of sp³-hybridized carbons (Fsp3) is 0.562. The summed E-state index contributed by atoms with van der Waals surface area (Å²) in [6.07, 6.45) is 4.12. The second kappa shape index (κ2) is 6.71. The van der Waals surface area contributed by atoms with E-state index in [1.807, 2.05) is 24.3 Å². The number of carbonyl (C=O) groups excluding carboxylic acids is 1. The maximum atomic E-state index is 12.1. The van der Waals surface area contributed by atoms with Gasteiger partial charge in [-0.25, -0.2) is 0 Å². The number of hydrogen-bond donors (Lipinski definition) is 1. The zero-order valence-electron chi connectivity index (χ0n) is 11.8. The maximum Gasteiger partial charge on any atom is 0.163 e. The first-order chi connectivity index (χ1) is 9.15. The molecule has 3 heteroatoms. The summed E-state index contributed by atoms with van der Waals surface area (Å²) in [4.78, 5) is 12.1. The summed E-state index contributed by atoms with van der Waals surface area (Å²) in [7, 11) is 0. The van der Waals surface area contributed by atoms with Gasteiger partial charge < -0.3 is 10.1 Å². The molecule has 0 spiro atoms. The highest BCUT2D eigenvalue weighted by Crippen LogP contribution is 2.27. The van der Waals surface area contributed by atoms with Crippen LogP contribution >= 0.6 is 0 Å². The monoisotopic (exact) mass is 261 g/mol. The van der Waals surface area contributed by atoms with Crippen LogP contribution in [0.15, 0.2) is 24.3 Å². The molecule has 1 aliphatic rings. The molecule has 0 heterocycles. The first kappa shape index (κ1) is 14.1. The van der Waals surface area contributed by atoms with Gasteiger partial charge in [0.15, 0.2) is 5.78 Å². The molecule has 2 rings (SSSR count). The van der Waals surface area contributed by atoms with Gasteiger partial charge >= 0.3 is 0 Å². The summed E-state index contributed by atoms with van der Waals surface area (Å²) in [5.41, 5.74) is 0.766. The predicted molar refractivity (Wildman–Crippen MR) is 76.8 cm³/mol. The minimum Gasteiger partial charge on any atom is -0.490 e. The van der Waals surface area contributed by atoms with Crippen molar-refractivity contribution in [3.63, 3.8) is 0 Å². The van der Waals surface area contributed by atoms with E-state index in [1.54, 1.807) is 0 Å². The molecule has 1 aliphatic carbocycles. The Hall–Kier alpha value is -1.35. The molecule has 1 saturated carbocycles. The molecular weight excluding hydrogens is 238 g/mol. The summed E-state index contributed by atoms with van der Waals surface area (Å²) in [5.74, 6) is 1.03. The van der Waals surface area contributed by atoms with E-state index in [4.69, 9.17) is 4.74 Å². The van der Waals surface area contributed by atoms with Crippen molar-refractivity contribution in [3.05, 3.63) is 29.8 Å². The Bertz CT molecular complexity index is 425. The topological polar surface area (TPSA) is 38.3 Å². The second-order valence-electron chi connectivity index (χ2n) is 5.48. The van der Waals surface area contributed by atoms with Gasteiger partial charge in [-0.1, -0.05) is 26.0 Å². The average Bonchev–Trinajstić information content (AvgIpc) is 3.18. The van der Waals surface area contributed by atoms with Crippen LogP contribution in [0.5, 0.6) is 5.75 Å². The molecule has 0 aromatic heterocycles. The summed E-state index contributed by atoms with van der Waals surface area (Å²) in [6, 6.07) is 8.05. The van der Waals surface area contributed by atoms with Gasteiger partial charge in [-0.2, -0.15) is 0 Å². The van der Waals surface area contributed by atoms with E-state index in [2.05, 4.69) is 19.2 Å². The van der Waals surface area contributed by atoms with Crippen molar-refractivity contribution in [2.75, 3.05) is 6.54 Å². The van der Waals surface area contributed by atoms with E-state index in [0.717, 1.165) is 37.1 Å². The fourth-order valence-electron chi connectivity index (χ4n) is 1.91. The molecule has 0 unspecified atom stereocenters. The van der Waals surface area contributed by atoms with Gasteiger partial charge in [0.05, 0.1) is 6.10 Å². The van der Waals surface area contributed by atoms with E-state index >= 15 is 0 Å². The summed E-state index contributed by atoms with van der Waals surface area (Å²) >= 11 is 0. The van der Waals surface area contributed by atoms with Crippen LogP contribution in [0.1, 0.15) is 49.9 Å². The quantitative estimate of drug-likeness (QED) is 0.577. The molecule has 19 heavy (non-hydrogen) atoms. The van der Waals surface area contributed by atoms with Gasteiger partial charge in [-0.15, -0.1) is 0 Å². The largest absolute Gasteiger partial charge is 0.490 e. The fourth-order valence-corrected chi connectivity index (χ4v) is 1.91. The molecule has 1 aromatic rings. The zero-order chi connectivity index (χ0) is 13.7. The van der Waals surface area contributed by atoms with Gasteiger partial charge in [0, 0.05) is 18.0 Å². The second-order valence-corrected chi connectivity index (χ2v) is 5.48. The third-order valence-corrected chi connectivity index (χ3v) is 3.12. The van der Waals surface area contributed by atoms with Crippen LogP contribution in [-0.2, 0) is 0 Å². The minimum atomic E-state index is 0.201. The van der Waals surface area contributed by atoms with Crippen molar-refractivity contribution in [2.24, 2.45) is 0 Å². The van der Waals surface area contributed by atoms with Crippen LogP contribution in [0.4, 0.5) is 0 Å². The van der Waals surface area contributed by atoms with E-state index in [1.165, 1.54) is 0 Å². The first-order valence-corrected chi connectivity index (χ1v) is 7.18. The van der Waals surface area contributed by atoms with Crippen LogP contribution in [0, 0.1) is 0 Å². The standard InChI is InChI=1S/C16H23NO2/c1-12(2)17-10-4-7-16(18)13-5-3-6-15(11-13)19-14-8-9-14/h3,5-6,11-12,14,17H,4,7-10H2,1-2H3. The zero-order valence-corrected chi connectivity index (χ0v) is 11.8. The molecule has 0 amide bonds. The normalized spacial score (nSPS) is 14.7. The lowest BCUT2D eigenvalue weighted by molar-refractivity contribution is 0.0979. The minimum absolute atomic E-state index is 0.201. The van der Waals surface area contributed by atoms with Gasteiger partial charge in [-0.3, -0.25) is 4.79 Å². The van der Waals surface area contributed by atoms with Crippen molar-refractivity contribution >= 4 is 5.78 Å². The highest BCUT2D eigenvalue weighted by molar-refractivity contribution is 5.96. The molecule has 3 nitrogen and oxygen atoms in total.